The van der Waals surface area contributed by atoms with E-state index in [2.05, 4.69) is 15.7 Å². The molecular weight excluding hydrogens is 450 g/mol. The minimum atomic E-state index is -0.869. The molecular formula is C25H25N5O3S. The molecule has 8 nitrogen and oxygen atoms in total. The zero-order chi connectivity index (χ0) is 23.5. The van der Waals surface area contributed by atoms with Crippen LogP contribution in [0.5, 0.6) is 0 Å². The van der Waals surface area contributed by atoms with Crippen molar-refractivity contribution in [3.05, 3.63) is 60.7 Å². The molecule has 0 atom stereocenters. The minimum absolute atomic E-state index is 0.0000324. The van der Waals surface area contributed by atoms with Gasteiger partial charge < -0.3 is 10.3 Å². The van der Waals surface area contributed by atoms with Crippen LogP contribution in [0.4, 0.5) is 4.79 Å². The molecule has 3 aromatic rings. The van der Waals surface area contributed by atoms with Crippen LogP contribution in [0, 0.1) is 0 Å². The Labute approximate surface area is 201 Å². The number of hydrogen-bond donors (Lipinski definition) is 3. The first-order valence-electron chi connectivity index (χ1n) is 11.4. The lowest BCUT2D eigenvalue weighted by Gasteiger charge is -2.30. The third-order valence-electron chi connectivity index (χ3n) is 6.24. The van der Waals surface area contributed by atoms with E-state index in [9.17, 15) is 14.4 Å². The summed E-state index contributed by atoms with van der Waals surface area (Å²) < 4.78 is 0. The van der Waals surface area contributed by atoms with Gasteiger partial charge in [-0.1, -0.05) is 91.7 Å². The van der Waals surface area contributed by atoms with Crippen LogP contribution in [0.2, 0.25) is 0 Å². The maximum atomic E-state index is 12.9. The van der Waals surface area contributed by atoms with E-state index in [1.807, 2.05) is 60.7 Å². The standard InChI is InChI=1S/C25H25N5O3S/c31-19(29-30-22(32)25(28-24(30)33)14-8-3-9-15-25)16-34-23-26-20(17-10-4-1-5-11-17)21(27-23)18-12-6-2-7-13-18/h1-2,4-7,10-13H,3,8-9,14-16H2,(H,26,27)(H,28,33)(H,29,31). The maximum absolute atomic E-state index is 12.9. The molecule has 3 N–H and O–H groups in total. The van der Waals surface area contributed by atoms with Crippen molar-refractivity contribution in [3.8, 4) is 22.5 Å². The number of hydrogen-bond acceptors (Lipinski definition) is 5. The number of nitrogens with zero attached hydrogens (tertiary/aromatic N) is 2. The van der Waals surface area contributed by atoms with Crippen LogP contribution in [0.25, 0.3) is 22.5 Å². The van der Waals surface area contributed by atoms with Gasteiger partial charge in [0.25, 0.3) is 5.91 Å². The molecule has 1 saturated heterocycles. The van der Waals surface area contributed by atoms with Crippen molar-refractivity contribution in [1.82, 2.24) is 25.7 Å². The number of imide groups is 1. The number of carbonyl (C=O) groups is 3. The summed E-state index contributed by atoms with van der Waals surface area (Å²) in [7, 11) is 0. The van der Waals surface area contributed by atoms with Crippen LogP contribution in [-0.2, 0) is 9.59 Å². The number of amides is 4. The fourth-order valence-corrected chi connectivity index (χ4v) is 5.21. The van der Waals surface area contributed by atoms with E-state index < -0.39 is 17.5 Å². The summed E-state index contributed by atoms with van der Waals surface area (Å²) in [6.45, 7) is 0. The highest BCUT2D eigenvalue weighted by molar-refractivity contribution is 7.99. The zero-order valence-corrected chi connectivity index (χ0v) is 19.4. The molecule has 0 bridgehead atoms. The summed E-state index contributed by atoms with van der Waals surface area (Å²) in [6.07, 6.45) is 4.03. The Hall–Kier alpha value is -3.59. The topological polar surface area (TPSA) is 107 Å². The summed E-state index contributed by atoms with van der Waals surface area (Å²) in [5, 5.41) is 4.20. The normalized spacial score (nSPS) is 17.1. The molecule has 9 heteroatoms. The van der Waals surface area contributed by atoms with Gasteiger partial charge >= 0.3 is 6.03 Å². The van der Waals surface area contributed by atoms with Crippen molar-refractivity contribution in [1.29, 1.82) is 0 Å². The fourth-order valence-electron chi connectivity index (χ4n) is 4.55. The van der Waals surface area contributed by atoms with E-state index in [0.717, 1.165) is 46.8 Å². The molecule has 34 heavy (non-hydrogen) atoms. The van der Waals surface area contributed by atoms with Crippen molar-refractivity contribution in [2.75, 3.05) is 5.75 Å². The molecule has 1 aromatic heterocycles. The number of aromatic nitrogens is 2. The molecule has 1 aliphatic carbocycles. The fraction of sp³-hybridized carbons (Fsp3) is 0.280. The number of imidazole rings is 1. The maximum Gasteiger partial charge on any atom is 0.344 e. The SMILES string of the molecule is O=C(CSc1nc(-c2ccccc2)c(-c2ccccc2)[nH]1)NN1C(=O)NC2(CCCCC2)C1=O. The second-order valence-electron chi connectivity index (χ2n) is 8.53. The minimum Gasteiger partial charge on any atom is -0.332 e. The van der Waals surface area contributed by atoms with Gasteiger partial charge in [-0.15, -0.1) is 0 Å². The van der Waals surface area contributed by atoms with Gasteiger partial charge in [0.15, 0.2) is 5.16 Å². The lowest BCUT2D eigenvalue weighted by atomic mass is 9.82. The van der Waals surface area contributed by atoms with E-state index >= 15 is 0 Å². The number of nitrogens with one attached hydrogen (secondary N) is 3. The molecule has 4 amide bonds. The van der Waals surface area contributed by atoms with E-state index in [-0.39, 0.29) is 11.7 Å². The van der Waals surface area contributed by atoms with Crippen molar-refractivity contribution in [2.45, 2.75) is 42.8 Å². The Bertz CT molecular complexity index is 1150. The molecule has 1 saturated carbocycles. The van der Waals surface area contributed by atoms with E-state index in [1.54, 1.807) is 0 Å². The zero-order valence-electron chi connectivity index (χ0n) is 18.5. The van der Waals surface area contributed by atoms with Crippen molar-refractivity contribution < 1.29 is 14.4 Å². The predicted molar refractivity (Wildman–Crippen MR) is 130 cm³/mol. The third kappa shape index (κ3) is 4.31. The van der Waals surface area contributed by atoms with Crippen LogP contribution in [-0.4, -0.2) is 44.1 Å². The number of hydrazine groups is 1. The summed E-state index contributed by atoms with van der Waals surface area (Å²) in [4.78, 5) is 45.9. The summed E-state index contributed by atoms with van der Waals surface area (Å²) in [5.74, 6) is -0.813. The van der Waals surface area contributed by atoms with Crippen LogP contribution in [0.1, 0.15) is 32.1 Å². The predicted octanol–water partition coefficient (Wildman–Crippen LogP) is 4.12. The van der Waals surface area contributed by atoms with Gasteiger partial charge in [0.05, 0.1) is 17.1 Å². The van der Waals surface area contributed by atoms with Gasteiger partial charge in [0.1, 0.15) is 5.54 Å². The first kappa shape index (κ1) is 22.2. The molecule has 2 aromatic carbocycles. The molecule has 0 unspecified atom stereocenters. The number of carbonyl (C=O) groups excluding carboxylic acids is 3. The second kappa shape index (κ2) is 9.34. The van der Waals surface area contributed by atoms with Gasteiger partial charge in [-0.05, 0) is 12.8 Å². The molecule has 174 valence electrons. The Morgan fingerprint density at radius 2 is 1.62 bits per heavy atom. The van der Waals surface area contributed by atoms with E-state index in [0.29, 0.717) is 18.0 Å². The summed E-state index contributed by atoms with van der Waals surface area (Å²) in [6, 6.07) is 19.1. The summed E-state index contributed by atoms with van der Waals surface area (Å²) >= 11 is 1.22. The van der Waals surface area contributed by atoms with Gasteiger partial charge in [-0.3, -0.25) is 15.0 Å². The molecule has 2 heterocycles. The second-order valence-corrected chi connectivity index (χ2v) is 9.50. The van der Waals surface area contributed by atoms with Gasteiger partial charge in [0, 0.05) is 11.1 Å². The number of thioether (sulfide) groups is 1. The van der Waals surface area contributed by atoms with Crippen molar-refractivity contribution in [2.24, 2.45) is 0 Å². The first-order chi connectivity index (χ1) is 16.6. The number of urea groups is 1. The Kier molecular flexibility index (Phi) is 6.10. The lowest BCUT2D eigenvalue weighted by molar-refractivity contribution is -0.139. The molecule has 0 radical (unpaired) electrons. The highest BCUT2D eigenvalue weighted by atomic mass is 32.2. The quantitative estimate of drug-likeness (QED) is 0.367. The Morgan fingerprint density at radius 3 is 2.29 bits per heavy atom. The molecule has 5 rings (SSSR count). The number of rotatable bonds is 6. The first-order valence-corrected chi connectivity index (χ1v) is 12.3. The van der Waals surface area contributed by atoms with Crippen LogP contribution in [0.3, 0.4) is 0 Å². The monoisotopic (exact) mass is 475 g/mol. The molecule has 2 aliphatic rings. The van der Waals surface area contributed by atoms with E-state index in [1.165, 1.54) is 11.8 Å². The average Bonchev–Trinajstić information content (AvgIpc) is 3.40. The summed E-state index contributed by atoms with van der Waals surface area (Å²) in [5.41, 5.74) is 5.22. The number of benzene rings is 2. The lowest BCUT2D eigenvalue weighted by Crippen LogP contribution is -2.51. The molecule has 2 fully saturated rings. The third-order valence-corrected chi connectivity index (χ3v) is 7.11. The largest absolute Gasteiger partial charge is 0.344 e. The highest BCUT2D eigenvalue weighted by Gasteiger charge is 2.52. The van der Waals surface area contributed by atoms with E-state index in [4.69, 9.17) is 4.98 Å². The van der Waals surface area contributed by atoms with Crippen LogP contribution in [0.15, 0.2) is 65.8 Å². The highest BCUT2D eigenvalue weighted by Crippen LogP contribution is 2.34. The molecule has 1 spiro atoms. The Balaban J connectivity index is 1.29. The van der Waals surface area contributed by atoms with Crippen LogP contribution < -0.4 is 10.7 Å². The number of aromatic amines is 1. The smallest absolute Gasteiger partial charge is 0.332 e. The Morgan fingerprint density at radius 1 is 0.971 bits per heavy atom. The van der Waals surface area contributed by atoms with Gasteiger partial charge in [-0.2, -0.15) is 5.01 Å². The molecule has 1 aliphatic heterocycles. The average molecular weight is 476 g/mol. The van der Waals surface area contributed by atoms with Crippen molar-refractivity contribution in [3.63, 3.8) is 0 Å². The van der Waals surface area contributed by atoms with Crippen molar-refractivity contribution >= 4 is 29.6 Å². The van der Waals surface area contributed by atoms with Gasteiger partial charge in [-0.25, -0.2) is 9.78 Å². The number of H-pyrrole nitrogens is 1. The van der Waals surface area contributed by atoms with Gasteiger partial charge in [0.2, 0.25) is 5.91 Å². The van der Waals surface area contributed by atoms with Crippen LogP contribution >= 0.6 is 11.8 Å².